The number of benzene rings is 3. The number of H-pyrrole nitrogens is 1. The first-order chi connectivity index (χ1) is 13.1. The maximum absolute atomic E-state index is 12.6. The molecule has 0 radical (unpaired) electrons. The topological polar surface area (TPSA) is 56.9 Å². The molecule has 1 heterocycles. The lowest BCUT2D eigenvalue weighted by molar-refractivity contribution is 0.262. The van der Waals surface area contributed by atoms with E-state index in [0.29, 0.717) is 10.7 Å². The van der Waals surface area contributed by atoms with Crippen LogP contribution in [0.1, 0.15) is 5.56 Å². The van der Waals surface area contributed by atoms with Crippen LogP contribution in [-0.4, -0.2) is 11.0 Å². The molecule has 0 aliphatic heterocycles. The first-order valence-corrected chi connectivity index (χ1v) is 9.00. The molecule has 4 aromatic rings. The predicted octanol–water partition coefficient (Wildman–Crippen LogP) is 6.44. The van der Waals surface area contributed by atoms with Crippen LogP contribution < -0.4 is 10.6 Å². The molecule has 134 valence electrons. The Morgan fingerprint density at radius 1 is 0.926 bits per heavy atom. The highest BCUT2D eigenvalue weighted by molar-refractivity contribution is 6.34. The zero-order valence-electron chi connectivity index (χ0n) is 14.7. The lowest BCUT2D eigenvalue weighted by Gasteiger charge is -2.11. The lowest BCUT2D eigenvalue weighted by atomic mass is 10.1. The smallest absolute Gasteiger partial charge is 0.323 e. The van der Waals surface area contributed by atoms with E-state index in [9.17, 15) is 4.79 Å². The first-order valence-electron chi connectivity index (χ1n) is 8.62. The molecule has 0 aliphatic rings. The summed E-state index contributed by atoms with van der Waals surface area (Å²) in [6, 6.07) is 23.0. The Balaban J connectivity index is 1.69. The van der Waals surface area contributed by atoms with Gasteiger partial charge in [-0.2, -0.15) is 0 Å². The van der Waals surface area contributed by atoms with Crippen molar-refractivity contribution in [2.75, 3.05) is 10.6 Å². The normalized spacial score (nSPS) is 10.7. The number of aryl methyl sites for hydroxylation is 1. The van der Waals surface area contributed by atoms with Crippen LogP contribution in [0.25, 0.3) is 22.2 Å². The monoisotopic (exact) mass is 375 g/mol. The van der Waals surface area contributed by atoms with Gasteiger partial charge in [0.25, 0.3) is 0 Å². The van der Waals surface area contributed by atoms with E-state index in [1.165, 1.54) is 0 Å². The summed E-state index contributed by atoms with van der Waals surface area (Å²) in [5, 5.41) is 7.26. The Labute approximate surface area is 162 Å². The van der Waals surface area contributed by atoms with E-state index in [0.717, 1.165) is 33.4 Å². The molecule has 3 aromatic carbocycles. The number of nitrogens with one attached hydrogen (secondary N) is 3. The summed E-state index contributed by atoms with van der Waals surface area (Å²) in [4.78, 5) is 16.0. The van der Waals surface area contributed by atoms with Crippen molar-refractivity contribution in [1.29, 1.82) is 0 Å². The van der Waals surface area contributed by atoms with Crippen molar-refractivity contribution in [3.8, 4) is 11.3 Å². The van der Waals surface area contributed by atoms with Crippen molar-refractivity contribution in [1.82, 2.24) is 4.98 Å². The van der Waals surface area contributed by atoms with Gasteiger partial charge in [0.05, 0.1) is 22.1 Å². The molecule has 3 N–H and O–H groups in total. The molecule has 4 nitrogen and oxygen atoms in total. The van der Waals surface area contributed by atoms with Gasteiger partial charge in [0.2, 0.25) is 0 Å². The second-order valence-corrected chi connectivity index (χ2v) is 6.76. The van der Waals surface area contributed by atoms with E-state index < -0.39 is 0 Å². The Morgan fingerprint density at radius 2 is 1.67 bits per heavy atom. The molecule has 0 saturated heterocycles. The number of amides is 2. The van der Waals surface area contributed by atoms with Crippen LogP contribution in [0.2, 0.25) is 5.02 Å². The summed E-state index contributed by atoms with van der Waals surface area (Å²) in [5.74, 6) is 0. The minimum Gasteiger partial charge on any atom is -0.353 e. The Bertz CT molecular complexity index is 1120. The summed E-state index contributed by atoms with van der Waals surface area (Å²) in [7, 11) is 0. The Hall–Kier alpha value is -3.24. The van der Waals surface area contributed by atoms with E-state index in [2.05, 4.69) is 15.6 Å². The molecule has 5 heteroatoms. The standard InChI is InChI=1S/C22H18ClN3O/c1-14-11-12-19(17(23)13-14)25-22(27)26-21-16-9-5-6-10-18(16)24-20(21)15-7-3-2-4-8-15/h2-13,24H,1H3,(H2,25,26,27). The zero-order valence-corrected chi connectivity index (χ0v) is 15.5. The van der Waals surface area contributed by atoms with Crippen molar-refractivity contribution >= 4 is 39.9 Å². The van der Waals surface area contributed by atoms with E-state index in [1.54, 1.807) is 6.07 Å². The summed E-state index contributed by atoms with van der Waals surface area (Å²) >= 11 is 6.23. The van der Waals surface area contributed by atoms with Crippen LogP contribution in [0.4, 0.5) is 16.2 Å². The highest BCUT2D eigenvalue weighted by atomic mass is 35.5. The van der Waals surface area contributed by atoms with Gasteiger partial charge in [0.15, 0.2) is 0 Å². The summed E-state index contributed by atoms with van der Waals surface area (Å²) in [6.45, 7) is 1.95. The molecule has 0 unspecified atom stereocenters. The fourth-order valence-corrected chi connectivity index (χ4v) is 3.36. The zero-order chi connectivity index (χ0) is 18.8. The molecule has 0 atom stereocenters. The number of para-hydroxylation sites is 1. The predicted molar refractivity (Wildman–Crippen MR) is 113 cm³/mol. The number of aromatic amines is 1. The van der Waals surface area contributed by atoms with Gasteiger partial charge in [0, 0.05) is 16.5 Å². The lowest BCUT2D eigenvalue weighted by Crippen LogP contribution is -2.19. The van der Waals surface area contributed by atoms with E-state index >= 15 is 0 Å². The summed E-state index contributed by atoms with van der Waals surface area (Å²) in [6.07, 6.45) is 0. The molecule has 4 rings (SSSR count). The van der Waals surface area contributed by atoms with Gasteiger partial charge < -0.3 is 15.6 Å². The molecule has 0 aliphatic carbocycles. The third-order valence-corrected chi connectivity index (χ3v) is 4.69. The molecular weight excluding hydrogens is 358 g/mol. The second kappa shape index (κ2) is 7.17. The third kappa shape index (κ3) is 3.52. The molecule has 2 amide bonds. The van der Waals surface area contributed by atoms with Gasteiger partial charge in [-0.25, -0.2) is 4.79 Å². The van der Waals surface area contributed by atoms with Crippen molar-refractivity contribution in [3.05, 3.63) is 83.4 Å². The van der Waals surface area contributed by atoms with Gasteiger partial charge in [-0.1, -0.05) is 66.2 Å². The molecule has 1 aromatic heterocycles. The second-order valence-electron chi connectivity index (χ2n) is 6.35. The van der Waals surface area contributed by atoms with Gasteiger partial charge in [0.1, 0.15) is 0 Å². The van der Waals surface area contributed by atoms with Gasteiger partial charge >= 0.3 is 6.03 Å². The first kappa shape index (κ1) is 17.2. The highest BCUT2D eigenvalue weighted by Crippen LogP contribution is 2.35. The number of carbonyl (C=O) groups is 1. The number of halogens is 1. The number of rotatable bonds is 3. The van der Waals surface area contributed by atoms with Crippen LogP contribution in [0, 0.1) is 6.92 Å². The number of anilines is 2. The Kier molecular flexibility index (Phi) is 4.57. The molecule has 0 saturated carbocycles. The maximum Gasteiger partial charge on any atom is 0.323 e. The van der Waals surface area contributed by atoms with Crippen LogP contribution in [-0.2, 0) is 0 Å². The number of aromatic nitrogens is 1. The number of carbonyl (C=O) groups excluding carboxylic acids is 1. The third-order valence-electron chi connectivity index (χ3n) is 4.38. The van der Waals surface area contributed by atoms with Gasteiger partial charge in [-0.3, -0.25) is 0 Å². The van der Waals surface area contributed by atoms with Gasteiger partial charge in [-0.05, 0) is 30.7 Å². The maximum atomic E-state index is 12.6. The van der Waals surface area contributed by atoms with Crippen molar-refractivity contribution in [2.45, 2.75) is 6.92 Å². The van der Waals surface area contributed by atoms with Crippen molar-refractivity contribution < 1.29 is 4.79 Å². The molecular formula is C22H18ClN3O. The van der Waals surface area contributed by atoms with E-state index in [-0.39, 0.29) is 6.03 Å². The Morgan fingerprint density at radius 3 is 2.44 bits per heavy atom. The SMILES string of the molecule is Cc1ccc(NC(=O)Nc2c(-c3ccccc3)[nH]c3ccccc23)c(Cl)c1. The highest BCUT2D eigenvalue weighted by Gasteiger charge is 2.16. The average molecular weight is 376 g/mol. The number of hydrogen-bond donors (Lipinski definition) is 3. The van der Waals surface area contributed by atoms with Crippen LogP contribution in [0.15, 0.2) is 72.8 Å². The van der Waals surface area contributed by atoms with E-state index in [1.807, 2.05) is 73.7 Å². The summed E-state index contributed by atoms with van der Waals surface area (Å²) in [5.41, 5.74) is 5.16. The average Bonchev–Trinajstić information content (AvgIpc) is 3.03. The quantitative estimate of drug-likeness (QED) is 0.379. The van der Waals surface area contributed by atoms with Crippen molar-refractivity contribution in [3.63, 3.8) is 0 Å². The number of hydrogen-bond acceptors (Lipinski definition) is 1. The minimum atomic E-state index is -0.345. The largest absolute Gasteiger partial charge is 0.353 e. The molecule has 27 heavy (non-hydrogen) atoms. The minimum absolute atomic E-state index is 0.345. The van der Waals surface area contributed by atoms with Crippen LogP contribution in [0.5, 0.6) is 0 Å². The fourth-order valence-electron chi connectivity index (χ4n) is 3.08. The molecule has 0 spiro atoms. The van der Waals surface area contributed by atoms with Gasteiger partial charge in [-0.15, -0.1) is 0 Å². The van der Waals surface area contributed by atoms with E-state index in [4.69, 9.17) is 11.6 Å². The van der Waals surface area contributed by atoms with Crippen LogP contribution in [0.3, 0.4) is 0 Å². The fraction of sp³-hybridized carbons (Fsp3) is 0.0455. The molecule has 0 bridgehead atoms. The number of urea groups is 1. The summed E-state index contributed by atoms with van der Waals surface area (Å²) < 4.78 is 0. The van der Waals surface area contributed by atoms with Crippen LogP contribution >= 0.6 is 11.6 Å². The molecule has 0 fully saturated rings. The number of fused-ring (bicyclic) bond motifs is 1. The van der Waals surface area contributed by atoms with Crippen molar-refractivity contribution in [2.24, 2.45) is 0 Å².